The SMILES string of the molecule is CCCCCCCCCCCCCCCCCCCCCC(=O)n1cc(CCN)c2cc(O)ccc21. The topological polar surface area (TPSA) is 68.2 Å². The molecule has 1 aromatic heterocycles. The van der Waals surface area contributed by atoms with Gasteiger partial charge in [0.25, 0.3) is 0 Å². The maximum atomic E-state index is 12.8. The first-order valence-corrected chi connectivity index (χ1v) is 15.2. The van der Waals surface area contributed by atoms with E-state index >= 15 is 0 Å². The third-order valence-electron chi connectivity index (χ3n) is 7.55. The molecule has 204 valence electrons. The summed E-state index contributed by atoms with van der Waals surface area (Å²) in [6, 6.07) is 5.22. The van der Waals surface area contributed by atoms with Crippen molar-refractivity contribution in [1.29, 1.82) is 0 Å². The first-order chi connectivity index (χ1) is 17.7. The van der Waals surface area contributed by atoms with Crippen LogP contribution in [0.15, 0.2) is 24.4 Å². The smallest absolute Gasteiger partial charge is 0.231 e. The number of phenols is 1. The second-order valence-corrected chi connectivity index (χ2v) is 10.8. The molecule has 2 rings (SSSR count). The van der Waals surface area contributed by atoms with Crippen molar-refractivity contribution in [3.05, 3.63) is 30.0 Å². The summed E-state index contributed by atoms with van der Waals surface area (Å²) in [5, 5.41) is 10.8. The molecular formula is C32H54N2O2. The molecule has 0 radical (unpaired) electrons. The zero-order valence-electron chi connectivity index (χ0n) is 23.2. The molecule has 0 amide bonds. The van der Waals surface area contributed by atoms with Crippen LogP contribution in [0, 0.1) is 0 Å². The Bertz CT molecular complexity index is 842. The molecule has 4 nitrogen and oxygen atoms in total. The fourth-order valence-electron chi connectivity index (χ4n) is 5.32. The van der Waals surface area contributed by atoms with Crippen molar-refractivity contribution in [3.63, 3.8) is 0 Å². The average molecular weight is 499 g/mol. The number of carbonyl (C=O) groups is 1. The number of carbonyl (C=O) groups excluding carboxylic acids is 1. The number of unbranched alkanes of at least 4 members (excludes halogenated alkanes) is 18. The van der Waals surface area contributed by atoms with E-state index in [9.17, 15) is 9.90 Å². The van der Waals surface area contributed by atoms with Crippen LogP contribution in [-0.4, -0.2) is 22.1 Å². The van der Waals surface area contributed by atoms with E-state index in [1.807, 2.05) is 12.3 Å². The molecule has 0 atom stereocenters. The van der Waals surface area contributed by atoms with Crippen LogP contribution in [0.5, 0.6) is 5.75 Å². The van der Waals surface area contributed by atoms with Gasteiger partial charge in [-0.3, -0.25) is 9.36 Å². The molecule has 4 heteroatoms. The third kappa shape index (κ3) is 12.0. The number of benzene rings is 1. The Morgan fingerprint density at radius 3 is 1.69 bits per heavy atom. The highest BCUT2D eigenvalue weighted by Gasteiger charge is 2.13. The summed E-state index contributed by atoms with van der Waals surface area (Å²) in [6.45, 7) is 2.82. The van der Waals surface area contributed by atoms with Gasteiger partial charge in [0.1, 0.15) is 5.75 Å². The zero-order chi connectivity index (χ0) is 25.8. The van der Waals surface area contributed by atoms with E-state index in [-0.39, 0.29) is 11.7 Å². The fraction of sp³-hybridized carbons (Fsp3) is 0.719. The standard InChI is InChI=1S/C32H54N2O2/c1-2-3-4-5-6-7-8-9-10-11-12-13-14-15-16-17-18-19-20-21-32(36)34-27-28(24-25-33)30-26-29(35)22-23-31(30)34/h22-23,26-27,35H,2-21,24-25,33H2,1H3. The van der Waals surface area contributed by atoms with Gasteiger partial charge < -0.3 is 10.8 Å². The average Bonchev–Trinajstić information content (AvgIpc) is 3.23. The highest BCUT2D eigenvalue weighted by molar-refractivity contribution is 5.95. The van der Waals surface area contributed by atoms with Gasteiger partial charge in [-0.05, 0) is 43.1 Å². The van der Waals surface area contributed by atoms with E-state index in [4.69, 9.17) is 5.73 Å². The van der Waals surface area contributed by atoms with Crippen LogP contribution in [0.1, 0.15) is 146 Å². The molecule has 36 heavy (non-hydrogen) atoms. The highest BCUT2D eigenvalue weighted by atomic mass is 16.3. The predicted molar refractivity (Wildman–Crippen MR) is 155 cm³/mol. The number of aromatic hydroxyl groups is 1. The largest absolute Gasteiger partial charge is 0.508 e. The van der Waals surface area contributed by atoms with E-state index in [2.05, 4.69) is 6.92 Å². The van der Waals surface area contributed by atoms with Crippen LogP contribution < -0.4 is 5.73 Å². The van der Waals surface area contributed by atoms with E-state index < -0.39 is 0 Å². The van der Waals surface area contributed by atoms with Gasteiger partial charge in [0, 0.05) is 18.0 Å². The van der Waals surface area contributed by atoms with Gasteiger partial charge in [-0.1, -0.05) is 122 Å². The Hall–Kier alpha value is -1.81. The maximum absolute atomic E-state index is 12.8. The van der Waals surface area contributed by atoms with E-state index in [0.717, 1.165) is 29.3 Å². The van der Waals surface area contributed by atoms with Gasteiger partial charge in [0.15, 0.2) is 0 Å². The van der Waals surface area contributed by atoms with Crippen LogP contribution in [-0.2, 0) is 6.42 Å². The summed E-state index contributed by atoms with van der Waals surface area (Å²) < 4.78 is 1.76. The number of nitrogens with zero attached hydrogens (tertiary/aromatic N) is 1. The first kappa shape index (κ1) is 30.4. The minimum Gasteiger partial charge on any atom is -0.508 e. The molecular weight excluding hydrogens is 444 g/mol. The molecule has 0 aliphatic rings. The molecule has 0 saturated heterocycles. The molecule has 0 saturated carbocycles. The lowest BCUT2D eigenvalue weighted by atomic mass is 10.0. The number of aromatic nitrogens is 1. The molecule has 0 aliphatic heterocycles. The lowest BCUT2D eigenvalue weighted by Gasteiger charge is -2.05. The Labute approximate surface area is 221 Å². The van der Waals surface area contributed by atoms with E-state index in [1.54, 1.807) is 16.7 Å². The van der Waals surface area contributed by atoms with E-state index in [0.29, 0.717) is 19.4 Å². The Kier molecular flexibility index (Phi) is 16.3. The van der Waals surface area contributed by atoms with Crippen LogP contribution in [0.4, 0.5) is 0 Å². The third-order valence-corrected chi connectivity index (χ3v) is 7.55. The molecule has 0 bridgehead atoms. The lowest BCUT2D eigenvalue weighted by molar-refractivity contribution is 0.0904. The minimum absolute atomic E-state index is 0.140. The van der Waals surface area contributed by atoms with Crippen molar-refractivity contribution >= 4 is 16.8 Å². The van der Waals surface area contributed by atoms with E-state index in [1.165, 1.54) is 109 Å². The number of hydrogen-bond acceptors (Lipinski definition) is 3. The molecule has 2 aromatic rings. The lowest BCUT2D eigenvalue weighted by Crippen LogP contribution is -2.09. The molecule has 1 aromatic carbocycles. The number of phenolic OH excluding ortho intramolecular Hbond substituents is 1. The minimum atomic E-state index is 0.140. The second-order valence-electron chi connectivity index (χ2n) is 10.8. The Morgan fingerprint density at radius 2 is 1.22 bits per heavy atom. The van der Waals surface area contributed by atoms with Gasteiger partial charge in [-0.25, -0.2) is 0 Å². The molecule has 1 heterocycles. The van der Waals surface area contributed by atoms with Gasteiger partial charge >= 0.3 is 0 Å². The number of rotatable bonds is 22. The van der Waals surface area contributed by atoms with Gasteiger partial charge in [-0.2, -0.15) is 0 Å². The Balaban J connectivity index is 1.43. The van der Waals surface area contributed by atoms with Crippen molar-refractivity contribution in [2.24, 2.45) is 5.73 Å². The summed E-state index contributed by atoms with van der Waals surface area (Å²) >= 11 is 0. The van der Waals surface area contributed by atoms with Gasteiger partial charge in [0.05, 0.1) is 5.52 Å². The van der Waals surface area contributed by atoms with Crippen LogP contribution in [0.25, 0.3) is 10.9 Å². The second kappa shape index (κ2) is 19.3. The van der Waals surface area contributed by atoms with Crippen LogP contribution >= 0.6 is 0 Å². The van der Waals surface area contributed by atoms with Crippen molar-refractivity contribution in [2.75, 3.05) is 6.54 Å². The molecule has 0 aliphatic carbocycles. The number of fused-ring (bicyclic) bond motifs is 1. The summed E-state index contributed by atoms with van der Waals surface area (Å²) in [6.07, 6.45) is 29.0. The van der Waals surface area contributed by atoms with Crippen molar-refractivity contribution in [2.45, 2.75) is 142 Å². The predicted octanol–water partition coefficient (Wildman–Crippen LogP) is 9.31. The number of nitrogens with two attached hydrogens (primary N) is 1. The normalized spacial score (nSPS) is 11.5. The Morgan fingerprint density at radius 1 is 0.750 bits per heavy atom. The molecule has 3 N–H and O–H groups in total. The monoisotopic (exact) mass is 498 g/mol. The zero-order valence-corrected chi connectivity index (χ0v) is 23.2. The van der Waals surface area contributed by atoms with Crippen LogP contribution in [0.3, 0.4) is 0 Å². The molecule has 0 spiro atoms. The first-order valence-electron chi connectivity index (χ1n) is 15.2. The highest BCUT2D eigenvalue weighted by Crippen LogP contribution is 2.26. The van der Waals surface area contributed by atoms with Gasteiger partial charge in [0.2, 0.25) is 5.91 Å². The number of hydrogen-bond donors (Lipinski definition) is 2. The van der Waals surface area contributed by atoms with Gasteiger partial charge in [-0.15, -0.1) is 0 Å². The molecule has 0 unspecified atom stereocenters. The maximum Gasteiger partial charge on any atom is 0.231 e. The summed E-state index contributed by atoms with van der Waals surface area (Å²) in [5.74, 6) is 0.366. The quantitative estimate of drug-likeness (QED) is 0.159. The van der Waals surface area contributed by atoms with Crippen molar-refractivity contribution in [1.82, 2.24) is 4.57 Å². The van der Waals surface area contributed by atoms with Crippen molar-refractivity contribution in [3.8, 4) is 5.75 Å². The molecule has 0 fully saturated rings. The van der Waals surface area contributed by atoms with Crippen LogP contribution in [0.2, 0.25) is 0 Å². The summed E-state index contributed by atoms with van der Waals surface area (Å²) in [4.78, 5) is 12.8. The fourth-order valence-corrected chi connectivity index (χ4v) is 5.32. The summed E-state index contributed by atoms with van der Waals surface area (Å²) in [5.41, 5.74) is 7.64. The van der Waals surface area contributed by atoms with Crippen molar-refractivity contribution < 1.29 is 9.90 Å². The summed E-state index contributed by atoms with van der Waals surface area (Å²) in [7, 11) is 0.